The predicted octanol–water partition coefficient (Wildman–Crippen LogP) is 0.109. The van der Waals surface area contributed by atoms with Crippen LogP contribution in [0.1, 0.15) is 11.6 Å². The van der Waals surface area contributed by atoms with Crippen molar-refractivity contribution in [3.8, 4) is 0 Å². The maximum atomic E-state index is 5.65. The highest BCUT2D eigenvalue weighted by Gasteiger charge is 2.12. The predicted molar refractivity (Wildman–Crippen MR) is 70.4 cm³/mol. The van der Waals surface area contributed by atoms with Crippen LogP contribution in [0.3, 0.4) is 0 Å². The molecular weight excluding hydrogens is 242 g/mol. The van der Waals surface area contributed by atoms with Crippen LogP contribution in [0.4, 0.5) is 0 Å². The molecule has 98 valence electrons. The first kappa shape index (κ1) is 11.8. The zero-order chi connectivity index (χ0) is 13.2. The van der Waals surface area contributed by atoms with E-state index in [2.05, 4.69) is 25.0 Å². The minimum Gasteiger partial charge on any atom is -0.330 e. The average Bonchev–Trinajstić information content (AvgIpc) is 2.96. The number of tetrazole rings is 1. The molecule has 0 unspecified atom stereocenters. The third kappa shape index (κ3) is 2.19. The van der Waals surface area contributed by atoms with Gasteiger partial charge in [0.25, 0.3) is 0 Å². The van der Waals surface area contributed by atoms with Gasteiger partial charge in [-0.2, -0.15) is 4.80 Å². The molecule has 0 fully saturated rings. The molecule has 0 saturated heterocycles. The normalized spacial score (nSPS) is 11.3. The Morgan fingerprint density at radius 1 is 1.26 bits per heavy atom. The van der Waals surface area contributed by atoms with Gasteiger partial charge in [-0.3, -0.25) is 0 Å². The van der Waals surface area contributed by atoms with E-state index in [1.54, 1.807) is 7.05 Å². The largest absolute Gasteiger partial charge is 0.330 e. The molecule has 0 spiro atoms. The van der Waals surface area contributed by atoms with Crippen LogP contribution in [0.25, 0.3) is 11.0 Å². The molecule has 0 aliphatic rings. The van der Waals surface area contributed by atoms with E-state index in [0.717, 1.165) is 23.3 Å². The van der Waals surface area contributed by atoms with Gasteiger partial charge in [0.2, 0.25) is 0 Å². The van der Waals surface area contributed by atoms with Crippen LogP contribution >= 0.6 is 0 Å². The van der Waals surface area contributed by atoms with Crippen molar-refractivity contribution in [3.05, 3.63) is 35.9 Å². The minimum absolute atomic E-state index is 0.559. The number of aromatic nitrogens is 6. The molecule has 0 saturated carbocycles. The molecule has 0 amide bonds. The molecule has 7 heteroatoms. The Kier molecular flexibility index (Phi) is 2.96. The van der Waals surface area contributed by atoms with Gasteiger partial charge in [-0.05, 0) is 23.9 Å². The fourth-order valence-corrected chi connectivity index (χ4v) is 2.15. The Balaban J connectivity index is 2.06. The van der Waals surface area contributed by atoms with Crippen LogP contribution in [0, 0.1) is 0 Å². The summed E-state index contributed by atoms with van der Waals surface area (Å²) in [5, 5.41) is 12.1. The topological polar surface area (TPSA) is 87.4 Å². The van der Waals surface area contributed by atoms with E-state index in [0.29, 0.717) is 18.9 Å². The highest BCUT2D eigenvalue weighted by atomic mass is 15.6. The maximum Gasteiger partial charge on any atom is 0.194 e. The first-order chi connectivity index (χ1) is 9.28. The highest BCUT2D eigenvalue weighted by molar-refractivity contribution is 5.76. The summed E-state index contributed by atoms with van der Waals surface area (Å²) in [6.07, 6.45) is 0.731. The van der Waals surface area contributed by atoms with E-state index in [1.165, 1.54) is 4.80 Å². The lowest BCUT2D eigenvalue weighted by molar-refractivity contribution is 0.624. The van der Waals surface area contributed by atoms with Crippen molar-refractivity contribution in [2.24, 2.45) is 12.8 Å². The van der Waals surface area contributed by atoms with E-state index < -0.39 is 0 Å². The number of rotatable bonds is 4. The van der Waals surface area contributed by atoms with E-state index in [-0.39, 0.29) is 0 Å². The van der Waals surface area contributed by atoms with Crippen molar-refractivity contribution < 1.29 is 0 Å². The summed E-state index contributed by atoms with van der Waals surface area (Å²) in [6, 6.07) is 8.01. The second kappa shape index (κ2) is 4.77. The van der Waals surface area contributed by atoms with Crippen LogP contribution in [0.15, 0.2) is 24.3 Å². The van der Waals surface area contributed by atoms with Crippen molar-refractivity contribution >= 4 is 11.0 Å². The summed E-state index contributed by atoms with van der Waals surface area (Å²) >= 11 is 0. The van der Waals surface area contributed by atoms with Crippen molar-refractivity contribution in [2.75, 3.05) is 6.54 Å². The number of nitrogens with zero attached hydrogens (tertiary/aromatic N) is 6. The molecule has 0 radical (unpaired) electrons. The maximum absolute atomic E-state index is 5.65. The lowest BCUT2D eigenvalue weighted by atomic mass is 10.3. The first-order valence-electron chi connectivity index (χ1n) is 6.15. The van der Waals surface area contributed by atoms with E-state index >= 15 is 0 Å². The number of fused-ring (bicyclic) bond motifs is 1. The Morgan fingerprint density at radius 2 is 2.11 bits per heavy atom. The number of aryl methyl sites for hydroxylation is 1. The highest BCUT2D eigenvalue weighted by Crippen LogP contribution is 2.17. The summed E-state index contributed by atoms with van der Waals surface area (Å²) in [4.78, 5) is 6.06. The lowest BCUT2D eigenvalue weighted by Crippen LogP contribution is -2.11. The number of para-hydroxylation sites is 2. The van der Waals surface area contributed by atoms with Crippen LogP contribution in [0.2, 0.25) is 0 Å². The van der Waals surface area contributed by atoms with Crippen LogP contribution in [-0.2, 0) is 20.0 Å². The van der Waals surface area contributed by atoms with Crippen molar-refractivity contribution in [3.63, 3.8) is 0 Å². The van der Waals surface area contributed by atoms with E-state index in [9.17, 15) is 0 Å². The quantitative estimate of drug-likeness (QED) is 0.716. The summed E-state index contributed by atoms with van der Waals surface area (Å²) in [6.45, 7) is 1.13. The van der Waals surface area contributed by atoms with Crippen molar-refractivity contribution in [2.45, 2.75) is 13.0 Å². The lowest BCUT2D eigenvalue weighted by Gasteiger charge is -2.05. The van der Waals surface area contributed by atoms with Gasteiger partial charge in [0, 0.05) is 6.42 Å². The minimum atomic E-state index is 0.559. The number of nitrogens with two attached hydrogens (primary N) is 1. The number of hydrogen-bond donors (Lipinski definition) is 1. The van der Waals surface area contributed by atoms with Crippen molar-refractivity contribution in [1.29, 1.82) is 0 Å². The number of hydrogen-bond acceptors (Lipinski definition) is 5. The summed E-state index contributed by atoms with van der Waals surface area (Å²) < 4.78 is 2.10. The molecule has 3 rings (SSSR count). The molecule has 0 bridgehead atoms. The third-order valence-corrected chi connectivity index (χ3v) is 2.95. The molecule has 2 heterocycles. The molecule has 3 aromatic rings. The molecule has 0 atom stereocenters. The molecule has 19 heavy (non-hydrogen) atoms. The van der Waals surface area contributed by atoms with Gasteiger partial charge >= 0.3 is 0 Å². The van der Waals surface area contributed by atoms with E-state index in [1.807, 2.05) is 24.3 Å². The zero-order valence-electron chi connectivity index (χ0n) is 10.7. The van der Waals surface area contributed by atoms with Gasteiger partial charge in [-0.1, -0.05) is 12.1 Å². The summed E-state index contributed by atoms with van der Waals surface area (Å²) in [7, 11) is 1.75. The van der Waals surface area contributed by atoms with Crippen LogP contribution < -0.4 is 5.73 Å². The van der Waals surface area contributed by atoms with Crippen LogP contribution in [0.5, 0.6) is 0 Å². The Labute approximate surface area is 110 Å². The third-order valence-electron chi connectivity index (χ3n) is 2.95. The summed E-state index contributed by atoms with van der Waals surface area (Å²) in [5.74, 6) is 1.63. The fourth-order valence-electron chi connectivity index (χ4n) is 2.15. The standard InChI is InChI=1S/C12H15N7/c1-18-16-11(15-17-18)8-19-10-5-3-2-4-9(10)14-12(19)6-7-13/h2-5H,6-8,13H2,1H3. The number of imidazole rings is 1. The molecule has 1 aromatic carbocycles. The van der Waals surface area contributed by atoms with Gasteiger partial charge < -0.3 is 10.3 Å². The smallest absolute Gasteiger partial charge is 0.194 e. The van der Waals surface area contributed by atoms with Gasteiger partial charge in [0.05, 0.1) is 24.6 Å². The van der Waals surface area contributed by atoms with Crippen LogP contribution in [-0.4, -0.2) is 36.3 Å². The Bertz CT molecular complexity index is 697. The molecule has 2 aromatic heterocycles. The second-order valence-electron chi connectivity index (χ2n) is 4.34. The molecule has 0 aliphatic heterocycles. The second-order valence-corrected chi connectivity index (χ2v) is 4.34. The monoisotopic (exact) mass is 257 g/mol. The molecule has 0 aliphatic carbocycles. The molecule has 2 N–H and O–H groups in total. The Morgan fingerprint density at radius 3 is 2.84 bits per heavy atom. The van der Waals surface area contributed by atoms with Gasteiger partial charge in [-0.15, -0.1) is 10.2 Å². The van der Waals surface area contributed by atoms with Gasteiger partial charge in [0.15, 0.2) is 5.82 Å². The first-order valence-corrected chi connectivity index (χ1v) is 6.15. The average molecular weight is 257 g/mol. The summed E-state index contributed by atoms with van der Waals surface area (Å²) in [5.41, 5.74) is 7.68. The molecular formula is C12H15N7. The SMILES string of the molecule is Cn1nnc(Cn2c(CCN)nc3ccccc32)n1. The number of benzene rings is 1. The van der Waals surface area contributed by atoms with Gasteiger partial charge in [0.1, 0.15) is 5.82 Å². The van der Waals surface area contributed by atoms with E-state index in [4.69, 9.17) is 5.73 Å². The van der Waals surface area contributed by atoms with Crippen molar-refractivity contribution in [1.82, 2.24) is 29.8 Å². The fraction of sp³-hybridized carbons (Fsp3) is 0.333. The molecule has 7 nitrogen and oxygen atoms in total. The van der Waals surface area contributed by atoms with Gasteiger partial charge in [-0.25, -0.2) is 4.98 Å². The zero-order valence-corrected chi connectivity index (χ0v) is 10.7. The Hall–Kier alpha value is -2.28.